The van der Waals surface area contributed by atoms with E-state index >= 15 is 0 Å². The van der Waals surface area contributed by atoms with Gasteiger partial charge >= 0.3 is 0 Å². The molecular formula is C8H17N3. The van der Waals surface area contributed by atoms with E-state index in [2.05, 4.69) is 6.92 Å². The Balaban J connectivity index is 2.44. The largest absolute Gasteiger partial charge is 0.370 e. The van der Waals surface area contributed by atoms with Crippen LogP contribution in [-0.2, 0) is 0 Å². The molecule has 0 amide bonds. The Morgan fingerprint density at radius 1 is 1.73 bits per heavy atom. The molecule has 1 heterocycles. The molecule has 11 heavy (non-hydrogen) atoms. The van der Waals surface area contributed by atoms with Crippen LogP contribution >= 0.6 is 0 Å². The lowest BCUT2D eigenvalue weighted by molar-refractivity contribution is 0.360. The predicted molar refractivity (Wildman–Crippen MR) is 46.6 cm³/mol. The van der Waals surface area contributed by atoms with Crippen LogP contribution in [0.1, 0.15) is 32.6 Å². The zero-order valence-electron chi connectivity index (χ0n) is 7.14. The Labute approximate surface area is 68.1 Å². The third kappa shape index (κ3) is 1.85. The van der Waals surface area contributed by atoms with Crippen LogP contribution in [0.5, 0.6) is 0 Å². The van der Waals surface area contributed by atoms with Gasteiger partial charge in [-0.05, 0) is 19.3 Å². The molecular weight excluding hydrogens is 138 g/mol. The topological polar surface area (TPSA) is 53.1 Å². The van der Waals surface area contributed by atoms with Crippen molar-refractivity contribution in [3.05, 3.63) is 0 Å². The summed E-state index contributed by atoms with van der Waals surface area (Å²) >= 11 is 0. The van der Waals surface area contributed by atoms with Crippen molar-refractivity contribution in [2.24, 2.45) is 5.73 Å². The van der Waals surface area contributed by atoms with Crippen LogP contribution in [0.25, 0.3) is 0 Å². The first-order valence-corrected chi connectivity index (χ1v) is 4.36. The SMILES string of the molecule is CCCC1CCCN1C(=N)N. The summed E-state index contributed by atoms with van der Waals surface area (Å²) < 4.78 is 0. The van der Waals surface area contributed by atoms with Gasteiger partial charge in [0.1, 0.15) is 0 Å². The Morgan fingerprint density at radius 3 is 3.00 bits per heavy atom. The van der Waals surface area contributed by atoms with Crippen molar-refractivity contribution in [1.82, 2.24) is 4.90 Å². The summed E-state index contributed by atoms with van der Waals surface area (Å²) in [5, 5.41) is 7.30. The van der Waals surface area contributed by atoms with Crippen LogP contribution in [0.2, 0.25) is 0 Å². The second-order valence-electron chi connectivity index (χ2n) is 3.16. The number of hydrogen-bond acceptors (Lipinski definition) is 1. The lowest BCUT2D eigenvalue weighted by atomic mass is 10.1. The van der Waals surface area contributed by atoms with Crippen molar-refractivity contribution in [3.63, 3.8) is 0 Å². The van der Waals surface area contributed by atoms with E-state index in [1.807, 2.05) is 4.90 Å². The third-order valence-corrected chi connectivity index (χ3v) is 2.31. The molecule has 1 rings (SSSR count). The van der Waals surface area contributed by atoms with Crippen molar-refractivity contribution >= 4 is 5.96 Å². The van der Waals surface area contributed by atoms with Crippen LogP contribution in [0.15, 0.2) is 0 Å². The van der Waals surface area contributed by atoms with Crippen LogP contribution in [0, 0.1) is 5.41 Å². The summed E-state index contributed by atoms with van der Waals surface area (Å²) in [7, 11) is 0. The molecule has 0 spiro atoms. The number of likely N-dealkylation sites (tertiary alicyclic amines) is 1. The van der Waals surface area contributed by atoms with E-state index in [4.69, 9.17) is 11.1 Å². The molecule has 0 aromatic rings. The van der Waals surface area contributed by atoms with Gasteiger partial charge in [0.2, 0.25) is 0 Å². The number of hydrogen-bond donors (Lipinski definition) is 2. The maximum atomic E-state index is 7.30. The maximum Gasteiger partial charge on any atom is 0.188 e. The van der Waals surface area contributed by atoms with E-state index in [1.165, 1.54) is 25.7 Å². The summed E-state index contributed by atoms with van der Waals surface area (Å²) in [6.07, 6.45) is 4.78. The highest BCUT2D eigenvalue weighted by Gasteiger charge is 2.23. The van der Waals surface area contributed by atoms with Gasteiger partial charge in [-0.15, -0.1) is 0 Å². The maximum absolute atomic E-state index is 7.30. The normalized spacial score (nSPS) is 24.1. The number of nitrogens with zero attached hydrogens (tertiary/aromatic N) is 1. The van der Waals surface area contributed by atoms with E-state index in [0.29, 0.717) is 6.04 Å². The third-order valence-electron chi connectivity index (χ3n) is 2.31. The van der Waals surface area contributed by atoms with Crippen molar-refractivity contribution < 1.29 is 0 Å². The Bertz CT molecular complexity index is 144. The molecule has 1 unspecified atom stereocenters. The molecule has 1 fully saturated rings. The second kappa shape index (κ2) is 3.60. The van der Waals surface area contributed by atoms with Gasteiger partial charge in [0.05, 0.1) is 0 Å². The van der Waals surface area contributed by atoms with E-state index < -0.39 is 0 Å². The van der Waals surface area contributed by atoms with Gasteiger partial charge in [-0.3, -0.25) is 5.41 Å². The van der Waals surface area contributed by atoms with Crippen molar-refractivity contribution in [2.75, 3.05) is 6.54 Å². The fourth-order valence-electron chi connectivity index (χ4n) is 1.79. The summed E-state index contributed by atoms with van der Waals surface area (Å²) in [5.41, 5.74) is 5.43. The molecule has 0 aliphatic carbocycles. The first kappa shape index (κ1) is 8.37. The summed E-state index contributed by atoms with van der Waals surface area (Å²) in [4.78, 5) is 2.02. The van der Waals surface area contributed by atoms with Crippen molar-refractivity contribution in [3.8, 4) is 0 Å². The molecule has 1 atom stereocenters. The van der Waals surface area contributed by atoms with Gasteiger partial charge in [0.25, 0.3) is 0 Å². The van der Waals surface area contributed by atoms with Crippen LogP contribution in [-0.4, -0.2) is 23.4 Å². The second-order valence-corrected chi connectivity index (χ2v) is 3.16. The van der Waals surface area contributed by atoms with E-state index in [1.54, 1.807) is 0 Å². The van der Waals surface area contributed by atoms with E-state index in [0.717, 1.165) is 6.54 Å². The summed E-state index contributed by atoms with van der Waals surface area (Å²) in [6, 6.07) is 0.553. The average molecular weight is 155 g/mol. The first-order valence-electron chi connectivity index (χ1n) is 4.36. The highest BCUT2D eigenvalue weighted by molar-refractivity contribution is 5.75. The quantitative estimate of drug-likeness (QED) is 0.464. The molecule has 0 aromatic carbocycles. The molecule has 3 nitrogen and oxygen atoms in total. The number of guanidine groups is 1. The van der Waals surface area contributed by atoms with E-state index in [9.17, 15) is 0 Å². The van der Waals surface area contributed by atoms with Gasteiger partial charge in [0, 0.05) is 12.6 Å². The average Bonchev–Trinajstić information content (AvgIpc) is 2.36. The van der Waals surface area contributed by atoms with Gasteiger partial charge in [0.15, 0.2) is 5.96 Å². The van der Waals surface area contributed by atoms with Gasteiger partial charge in [-0.1, -0.05) is 13.3 Å². The number of rotatable bonds is 2. The zero-order valence-corrected chi connectivity index (χ0v) is 7.14. The van der Waals surface area contributed by atoms with Gasteiger partial charge < -0.3 is 10.6 Å². The van der Waals surface area contributed by atoms with Crippen molar-refractivity contribution in [2.45, 2.75) is 38.6 Å². The highest BCUT2D eigenvalue weighted by atomic mass is 15.3. The summed E-state index contributed by atoms with van der Waals surface area (Å²) in [5.74, 6) is 0.251. The fourth-order valence-corrected chi connectivity index (χ4v) is 1.79. The molecule has 0 aromatic heterocycles. The highest BCUT2D eigenvalue weighted by Crippen LogP contribution is 2.19. The van der Waals surface area contributed by atoms with Crippen LogP contribution in [0.3, 0.4) is 0 Å². The monoisotopic (exact) mass is 155 g/mol. The molecule has 1 aliphatic heterocycles. The lowest BCUT2D eigenvalue weighted by Crippen LogP contribution is -2.39. The molecule has 0 saturated carbocycles. The fraction of sp³-hybridized carbons (Fsp3) is 0.875. The molecule has 0 bridgehead atoms. The van der Waals surface area contributed by atoms with Crippen LogP contribution < -0.4 is 5.73 Å². The van der Waals surface area contributed by atoms with Crippen LogP contribution in [0.4, 0.5) is 0 Å². The Hall–Kier alpha value is -0.730. The minimum absolute atomic E-state index is 0.251. The molecule has 3 N–H and O–H groups in total. The van der Waals surface area contributed by atoms with Gasteiger partial charge in [-0.2, -0.15) is 0 Å². The molecule has 3 heteroatoms. The minimum atomic E-state index is 0.251. The Morgan fingerprint density at radius 2 is 2.45 bits per heavy atom. The predicted octanol–water partition coefficient (Wildman–Crippen LogP) is 1.14. The zero-order chi connectivity index (χ0) is 8.27. The minimum Gasteiger partial charge on any atom is -0.370 e. The number of nitrogens with two attached hydrogens (primary N) is 1. The van der Waals surface area contributed by atoms with E-state index in [-0.39, 0.29) is 5.96 Å². The Kier molecular flexibility index (Phi) is 2.74. The summed E-state index contributed by atoms with van der Waals surface area (Å²) in [6.45, 7) is 3.16. The molecule has 64 valence electrons. The molecule has 0 radical (unpaired) electrons. The lowest BCUT2D eigenvalue weighted by Gasteiger charge is -2.23. The molecule has 1 saturated heterocycles. The smallest absolute Gasteiger partial charge is 0.188 e. The van der Waals surface area contributed by atoms with Gasteiger partial charge in [-0.25, -0.2) is 0 Å². The standard InChI is InChI=1S/C8H17N3/c1-2-4-7-5-3-6-11(7)8(9)10/h7H,2-6H2,1H3,(H3,9,10). The first-order chi connectivity index (χ1) is 5.25. The molecule has 1 aliphatic rings. The van der Waals surface area contributed by atoms with Crippen molar-refractivity contribution in [1.29, 1.82) is 5.41 Å². The number of nitrogens with one attached hydrogen (secondary N) is 1.